The molecule has 0 aliphatic heterocycles. The maximum Gasteiger partial charge on any atom is 0.249 e. The van der Waals surface area contributed by atoms with Gasteiger partial charge in [0, 0.05) is 17.9 Å². The van der Waals surface area contributed by atoms with Gasteiger partial charge in [0.15, 0.2) is 5.65 Å². The lowest BCUT2D eigenvalue weighted by atomic mass is 10.1. The number of anilines is 3. The fourth-order valence-corrected chi connectivity index (χ4v) is 3.44. The number of ether oxygens (including phenoxy) is 1. The van der Waals surface area contributed by atoms with E-state index in [0.717, 1.165) is 25.7 Å². The van der Waals surface area contributed by atoms with Gasteiger partial charge in [0.1, 0.15) is 11.5 Å². The van der Waals surface area contributed by atoms with E-state index in [-0.39, 0.29) is 29.6 Å². The van der Waals surface area contributed by atoms with Crippen molar-refractivity contribution in [2.75, 3.05) is 16.4 Å². The molecule has 31 heavy (non-hydrogen) atoms. The van der Waals surface area contributed by atoms with Crippen LogP contribution in [0.25, 0.3) is 5.65 Å². The molecular formula is C22H22N6O3. The molecule has 0 atom stereocenters. The van der Waals surface area contributed by atoms with Crippen molar-refractivity contribution in [1.29, 1.82) is 0 Å². The van der Waals surface area contributed by atoms with E-state index in [9.17, 15) is 9.59 Å². The van der Waals surface area contributed by atoms with Crippen molar-refractivity contribution in [2.24, 2.45) is 11.8 Å². The molecule has 9 heteroatoms. The Balaban J connectivity index is 1.30. The minimum Gasteiger partial charge on any atom is -0.456 e. The van der Waals surface area contributed by atoms with Crippen molar-refractivity contribution in [3.8, 4) is 11.5 Å². The Hall–Kier alpha value is -3.88. The van der Waals surface area contributed by atoms with Crippen molar-refractivity contribution < 1.29 is 14.3 Å². The summed E-state index contributed by atoms with van der Waals surface area (Å²) in [5.74, 6) is 1.24. The first-order chi connectivity index (χ1) is 15.0. The number of aromatic nitrogens is 3. The summed E-state index contributed by atoms with van der Waals surface area (Å²) in [6.45, 7) is 0. The average molecular weight is 418 g/mol. The van der Waals surface area contributed by atoms with Crippen LogP contribution in [0.15, 0.2) is 48.7 Å². The van der Waals surface area contributed by atoms with Gasteiger partial charge in [0.25, 0.3) is 0 Å². The molecule has 0 saturated heterocycles. The minimum atomic E-state index is -0.0618. The lowest BCUT2D eigenvalue weighted by Gasteiger charge is -2.14. The van der Waals surface area contributed by atoms with Crippen LogP contribution in [0.5, 0.6) is 11.5 Å². The molecule has 1 fully saturated rings. The van der Waals surface area contributed by atoms with E-state index < -0.39 is 0 Å². The highest BCUT2D eigenvalue weighted by molar-refractivity contribution is 5.96. The monoisotopic (exact) mass is 418 g/mol. The number of hydrogen-bond acceptors (Lipinski definition) is 6. The van der Waals surface area contributed by atoms with Crippen molar-refractivity contribution in [3.05, 3.63) is 48.7 Å². The molecule has 0 spiro atoms. The summed E-state index contributed by atoms with van der Waals surface area (Å²) in [6.07, 6.45) is 9.00. The molecule has 2 aromatic heterocycles. The molecule has 2 aliphatic rings. The van der Waals surface area contributed by atoms with Crippen LogP contribution < -0.4 is 21.1 Å². The Bertz CT molecular complexity index is 1190. The average Bonchev–Trinajstić information content (AvgIpc) is 3.30. The number of amides is 2. The number of nitrogens with zero attached hydrogens (tertiary/aromatic N) is 3. The molecule has 158 valence electrons. The SMILES string of the molecule is Nc1ccc(Oc2ccc3nc(NC(=O)C4CC4)nn3c2)cc1NC(=O)C1CC=CC1. The van der Waals surface area contributed by atoms with Crippen molar-refractivity contribution in [1.82, 2.24) is 14.6 Å². The Morgan fingerprint density at radius 1 is 1.00 bits per heavy atom. The first-order valence-electron chi connectivity index (χ1n) is 10.3. The molecule has 3 aromatic rings. The quantitative estimate of drug-likeness (QED) is 0.417. The third kappa shape index (κ3) is 4.20. The Morgan fingerprint density at radius 3 is 2.52 bits per heavy atom. The molecule has 4 N–H and O–H groups in total. The first-order valence-corrected chi connectivity index (χ1v) is 10.3. The van der Waals surface area contributed by atoms with Gasteiger partial charge in [-0.25, -0.2) is 4.52 Å². The van der Waals surface area contributed by atoms with Gasteiger partial charge in [-0.15, -0.1) is 5.10 Å². The van der Waals surface area contributed by atoms with Gasteiger partial charge in [-0.05, 0) is 49.9 Å². The number of benzene rings is 1. The molecule has 0 radical (unpaired) electrons. The number of hydrogen-bond donors (Lipinski definition) is 3. The fraction of sp³-hybridized carbons (Fsp3) is 0.273. The molecule has 9 nitrogen and oxygen atoms in total. The van der Waals surface area contributed by atoms with Crippen LogP contribution in [0.2, 0.25) is 0 Å². The number of rotatable bonds is 6. The standard InChI is InChI=1S/C22H22N6O3/c23-17-9-7-15(11-18(17)24-20(29)13-3-1-2-4-13)31-16-8-10-19-25-22(27-28(19)12-16)26-21(30)14-5-6-14/h1-2,7-14H,3-6,23H2,(H,24,29)(H,26,27,30). The van der Waals surface area contributed by atoms with Gasteiger partial charge in [-0.3, -0.25) is 14.9 Å². The van der Waals surface area contributed by atoms with Gasteiger partial charge >= 0.3 is 0 Å². The maximum atomic E-state index is 12.4. The van der Waals surface area contributed by atoms with Gasteiger partial charge in [-0.2, -0.15) is 4.98 Å². The van der Waals surface area contributed by atoms with Crippen LogP contribution in [0.4, 0.5) is 17.3 Å². The number of fused-ring (bicyclic) bond motifs is 1. The zero-order valence-electron chi connectivity index (χ0n) is 16.7. The van der Waals surface area contributed by atoms with Gasteiger partial charge in [-0.1, -0.05) is 12.2 Å². The van der Waals surface area contributed by atoms with Crippen LogP contribution in [0.1, 0.15) is 25.7 Å². The smallest absolute Gasteiger partial charge is 0.249 e. The lowest BCUT2D eigenvalue weighted by Crippen LogP contribution is -2.21. The second-order valence-corrected chi connectivity index (χ2v) is 7.85. The molecule has 0 bridgehead atoms. The van der Waals surface area contributed by atoms with E-state index in [1.165, 1.54) is 0 Å². The maximum absolute atomic E-state index is 12.4. The van der Waals surface area contributed by atoms with Crippen LogP contribution in [-0.2, 0) is 9.59 Å². The van der Waals surface area contributed by atoms with Crippen LogP contribution in [0, 0.1) is 11.8 Å². The fourth-order valence-electron chi connectivity index (χ4n) is 3.44. The van der Waals surface area contributed by atoms with Gasteiger partial charge in [0.05, 0.1) is 17.6 Å². The topological polar surface area (TPSA) is 124 Å². The molecule has 2 heterocycles. The normalized spacial score (nSPS) is 15.9. The summed E-state index contributed by atoms with van der Waals surface area (Å²) in [7, 11) is 0. The van der Waals surface area contributed by atoms with Crippen LogP contribution in [-0.4, -0.2) is 26.4 Å². The summed E-state index contributed by atoms with van der Waals surface area (Å²) < 4.78 is 7.48. The van der Waals surface area contributed by atoms with Gasteiger partial charge < -0.3 is 15.8 Å². The zero-order chi connectivity index (χ0) is 21.4. The van der Waals surface area contributed by atoms with E-state index in [1.54, 1.807) is 41.0 Å². The van der Waals surface area contributed by atoms with E-state index >= 15 is 0 Å². The Morgan fingerprint density at radius 2 is 1.74 bits per heavy atom. The predicted octanol–water partition coefficient (Wildman–Crippen LogP) is 3.36. The number of nitrogens with one attached hydrogen (secondary N) is 2. The number of allylic oxidation sites excluding steroid dienone is 2. The molecule has 2 amide bonds. The Kier molecular flexibility index (Phi) is 4.78. The predicted molar refractivity (Wildman–Crippen MR) is 116 cm³/mol. The van der Waals surface area contributed by atoms with Crippen LogP contribution in [0.3, 0.4) is 0 Å². The van der Waals surface area contributed by atoms with E-state index in [4.69, 9.17) is 10.5 Å². The Labute approximate surface area is 178 Å². The number of nitrogen functional groups attached to an aromatic ring is 1. The molecule has 1 aromatic carbocycles. The number of nitrogens with two attached hydrogens (primary N) is 1. The van der Waals surface area contributed by atoms with E-state index in [1.807, 2.05) is 12.2 Å². The lowest BCUT2D eigenvalue weighted by molar-refractivity contribution is -0.119. The van der Waals surface area contributed by atoms with Crippen LogP contribution >= 0.6 is 0 Å². The number of pyridine rings is 1. The van der Waals surface area contributed by atoms with Crippen molar-refractivity contribution in [3.63, 3.8) is 0 Å². The summed E-state index contributed by atoms with van der Waals surface area (Å²) in [5.41, 5.74) is 7.60. The largest absolute Gasteiger partial charge is 0.456 e. The summed E-state index contributed by atoms with van der Waals surface area (Å²) in [5, 5.41) is 9.92. The molecule has 0 unspecified atom stereocenters. The summed E-state index contributed by atoms with van der Waals surface area (Å²) in [6, 6.07) is 8.63. The second-order valence-electron chi connectivity index (χ2n) is 7.85. The third-order valence-corrected chi connectivity index (χ3v) is 5.38. The molecule has 5 rings (SSSR count). The van der Waals surface area contributed by atoms with E-state index in [0.29, 0.717) is 28.5 Å². The van der Waals surface area contributed by atoms with Gasteiger partial charge in [0.2, 0.25) is 17.8 Å². The van der Waals surface area contributed by atoms with E-state index in [2.05, 4.69) is 20.7 Å². The summed E-state index contributed by atoms with van der Waals surface area (Å²) in [4.78, 5) is 28.6. The highest BCUT2D eigenvalue weighted by Gasteiger charge is 2.30. The minimum absolute atomic E-state index is 0.0442. The molecule has 1 saturated carbocycles. The first kappa shape index (κ1) is 19.1. The number of carbonyl (C=O) groups excluding carboxylic acids is 2. The number of carbonyl (C=O) groups is 2. The third-order valence-electron chi connectivity index (χ3n) is 5.38. The molecule has 2 aliphatic carbocycles. The summed E-state index contributed by atoms with van der Waals surface area (Å²) >= 11 is 0. The van der Waals surface area contributed by atoms with Crippen molar-refractivity contribution in [2.45, 2.75) is 25.7 Å². The highest BCUT2D eigenvalue weighted by atomic mass is 16.5. The van der Waals surface area contributed by atoms with Crippen molar-refractivity contribution >= 4 is 34.8 Å². The highest BCUT2D eigenvalue weighted by Crippen LogP contribution is 2.31. The second kappa shape index (κ2) is 7.75. The zero-order valence-corrected chi connectivity index (χ0v) is 16.7. The molecular weight excluding hydrogens is 396 g/mol.